The molecule has 0 aromatic heterocycles. The van der Waals surface area contributed by atoms with Crippen LogP contribution in [0.2, 0.25) is 0 Å². The zero-order valence-electron chi connectivity index (χ0n) is 18.8. The van der Waals surface area contributed by atoms with Gasteiger partial charge in [0.2, 0.25) is 5.91 Å². The number of morpholine rings is 1. The van der Waals surface area contributed by atoms with Crippen molar-refractivity contribution < 1.29 is 14.3 Å². The van der Waals surface area contributed by atoms with Crippen LogP contribution in [-0.2, 0) is 22.5 Å². The second-order valence-electron chi connectivity index (χ2n) is 8.10. The lowest BCUT2D eigenvalue weighted by Crippen LogP contribution is -2.48. The third kappa shape index (κ3) is 7.98. The summed E-state index contributed by atoms with van der Waals surface area (Å²) < 4.78 is 10.7. The molecule has 1 saturated heterocycles. The molecule has 0 saturated carbocycles. The number of nitrogens with one attached hydrogen (secondary N) is 1. The molecule has 1 fully saturated rings. The number of amides is 1. The van der Waals surface area contributed by atoms with Crippen LogP contribution in [0.5, 0.6) is 5.75 Å². The third-order valence-corrected chi connectivity index (χ3v) is 5.72. The molecular formula is C25H35N3O3. The number of ether oxygens (including phenoxy) is 2. The van der Waals surface area contributed by atoms with Crippen molar-refractivity contribution in [1.29, 1.82) is 0 Å². The fourth-order valence-corrected chi connectivity index (χ4v) is 3.84. The minimum absolute atomic E-state index is 0.0678. The third-order valence-electron chi connectivity index (χ3n) is 5.72. The van der Waals surface area contributed by atoms with Crippen LogP contribution in [0.15, 0.2) is 54.6 Å². The average molecular weight is 426 g/mol. The lowest BCUT2D eigenvalue weighted by atomic mass is 10.1. The first-order chi connectivity index (χ1) is 15.1. The van der Waals surface area contributed by atoms with Crippen molar-refractivity contribution in [3.8, 4) is 5.75 Å². The number of hydrogen-bond acceptors (Lipinski definition) is 5. The van der Waals surface area contributed by atoms with Crippen LogP contribution in [-0.4, -0.2) is 74.8 Å². The van der Waals surface area contributed by atoms with Crippen molar-refractivity contribution in [1.82, 2.24) is 15.1 Å². The van der Waals surface area contributed by atoms with Gasteiger partial charge in [-0.15, -0.1) is 0 Å². The van der Waals surface area contributed by atoms with Gasteiger partial charge in [-0.05, 0) is 36.6 Å². The van der Waals surface area contributed by atoms with E-state index in [9.17, 15) is 4.79 Å². The van der Waals surface area contributed by atoms with Crippen LogP contribution < -0.4 is 10.1 Å². The molecule has 1 amide bonds. The van der Waals surface area contributed by atoms with E-state index in [1.165, 1.54) is 11.1 Å². The molecule has 168 valence electrons. The van der Waals surface area contributed by atoms with E-state index in [0.717, 1.165) is 51.6 Å². The molecule has 2 aromatic carbocycles. The molecule has 31 heavy (non-hydrogen) atoms. The zero-order chi connectivity index (χ0) is 21.9. The van der Waals surface area contributed by atoms with Crippen LogP contribution in [0.25, 0.3) is 0 Å². The van der Waals surface area contributed by atoms with E-state index < -0.39 is 0 Å². The largest absolute Gasteiger partial charge is 0.497 e. The number of rotatable bonds is 11. The Balaban J connectivity index is 1.52. The normalized spacial score (nSPS) is 15.6. The second-order valence-corrected chi connectivity index (χ2v) is 8.10. The predicted octanol–water partition coefficient (Wildman–Crippen LogP) is 2.58. The van der Waals surface area contributed by atoms with Gasteiger partial charge in [-0.1, -0.05) is 42.5 Å². The van der Waals surface area contributed by atoms with Crippen molar-refractivity contribution in [3.05, 3.63) is 65.7 Å². The predicted molar refractivity (Wildman–Crippen MR) is 123 cm³/mol. The van der Waals surface area contributed by atoms with Gasteiger partial charge in [0.05, 0.1) is 26.9 Å². The lowest BCUT2D eigenvalue weighted by Gasteiger charge is -2.34. The van der Waals surface area contributed by atoms with Gasteiger partial charge in [0.25, 0.3) is 0 Å². The maximum Gasteiger partial charge on any atom is 0.234 e. The summed E-state index contributed by atoms with van der Waals surface area (Å²) in [6, 6.07) is 18.6. The molecule has 0 aliphatic carbocycles. The van der Waals surface area contributed by atoms with Crippen molar-refractivity contribution in [2.75, 3.05) is 53.0 Å². The standard InChI is InChI=1S/C25H35N3O3/c1-21(18-27-14-16-31-17-15-27)28(19-23-6-4-3-5-7-23)20-25(29)26-13-12-22-8-10-24(30-2)11-9-22/h3-11,21H,12-20H2,1-2H3,(H,26,29). The summed E-state index contributed by atoms with van der Waals surface area (Å²) in [6.45, 7) is 8.42. The van der Waals surface area contributed by atoms with Gasteiger partial charge < -0.3 is 14.8 Å². The Hall–Kier alpha value is -2.41. The smallest absolute Gasteiger partial charge is 0.234 e. The van der Waals surface area contributed by atoms with E-state index in [0.29, 0.717) is 13.1 Å². The first-order valence-corrected chi connectivity index (χ1v) is 11.1. The summed E-state index contributed by atoms with van der Waals surface area (Å²) in [6.07, 6.45) is 0.803. The van der Waals surface area contributed by atoms with Crippen LogP contribution in [0.1, 0.15) is 18.1 Å². The number of carbonyl (C=O) groups excluding carboxylic acids is 1. The van der Waals surface area contributed by atoms with Gasteiger partial charge in [0, 0.05) is 38.8 Å². The highest BCUT2D eigenvalue weighted by Gasteiger charge is 2.21. The van der Waals surface area contributed by atoms with Gasteiger partial charge in [-0.25, -0.2) is 0 Å². The summed E-state index contributed by atoms with van der Waals surface area (Å²) in [7, 11) is 1.66. The molecule has 3 rings (SSSR count). The maximum absolute atomic E-state index is 12.7. The molecule has 1 aliphatic heterocycles. The van der Waals surface area contributed by atoms with Gasteiger partial charge in [-0.3, -0.25) is 14.6 Å². The SMILES string of the molecule is COc1ccc(CCNC(=O)CN(Cc2ccccc2)C(C)CN2CCOCC2)cc1. The lowest BCUT2D eigenvalue weighted by molar-refractivity contribution is -0.123. The molecule has 0 bridgehead atoms. The van der Waals surface area contributed by atoms with Crippen molar-refractivity contribution in [2.24, 2.45) is 0 Å². The topological polar surface area (TPSA) is 54.0 Å². The van der Waals surface area contributed by atoms with Crippen LogP contribution in [0.4, 0.5) is 0 Å². The first kappa shape index (κ1) is 23.3. The molecule has 1 unspecified atom stereocenters. The van der Waals surface area contributed by atoms with Crippen molar-refractivity contribution in [3.63, 3.8) is 0 Å². The Kier molecular flexibility index (Phi) is 9.34. The van der Waals surface area contributed by atoms with Crippen LogP contribution >= 0.6 is 0 Å². The molecule has 1 N–H and O–H groups in total. The fourth-order valence-electron chi connectivity index (χ4n) is 3.84. The highest BCUT2D eigenvalue weighted by atomic mass is 16.5. The van der Waals surface area contributed by atoms with E-state index in [1.54, 1.807) is 7.11 Å². The monoisotopic (exact) mass is 425 g/mol. The van der Waals surface area contributed by atoms with Gasteiger partial charge in [0.15, 0.2) is 0 Å². The minimum Gasteiger partial charge on any atom is -0.497 e. The molecule has 1 atom stereocenters. The number of nitrogens with zero attached hydrogens (tertiary/aromatic N) is 2. The van der Waals surface area contributed by atoms with Gasteiger partial charge >= 0.3 is 0 Å². The molecule has 0 radical (unpaired) electrons. The zero-order valence-corrected chi connectivity index (χ0v) is 18.8. The van der Waals surface area contributed by atoms with Crippen LogP contribution in [0, 0.1) is 0 Å². The Bertz CT molecular complexity index is 776. The fraction of sp³-hybridized carbons (Fsp3) is 0.480. The molecule has 0 spiro atoms. The second kappa shape index (κ2) is 12.4. The Labute approximate surface area is 186 Å². The Morgan fingerprint density at radius 2 is 1.81 bits per heavy atom. The number of methoxy groups -OCH3 is 1. The molecule has 2 aromatic rings. The Morgan fingerprint density at radius 1 is 1.10 bits per heavy atom. The summed E-state index contributed by atoms with van der Waals surface area (Å²) in [5, 5.41) is 3.09. The quantitative estimate of drug-likeness (QED) is 0.600. The molecule has 6 heteroatoms. The molecular weight excluding hydrogens is 390 g/mol. The molecule has 1 heterocycles. The van der Waals surface area contributed by atoms with E-state index in [-0.39, 0.29) is 11.9 Å². The van der Waals surface area contributed by atoms with Crippen LogP contribution in [0.3, 0.4) is 0 Å². The summed E-state index contributed by atoms with van der Waals surface area (Å²) in [5.74, 6) is 0.914. The summed E-state index contributed by atoms with van der Waals surface area (Å²) in [4.78, 5) is 17.4. The van der Waals surface area contributed by atoms with Gasteiger partial charge in [0.1, 0.15) is 5.75 Å². The summed E-state index contributed by atoms with van der Waals surface area (Å²) in [5.41, 5.74) is 2.41. The highest BCUT2D eigenvalue weighted by Crippen LogP contribution is 2.12. The Morgan fingerprint density at radius 3 is 2.48 bits per heavy atom. The number of hydrogen-bond donors (Lipinski definition) is 1. The molecule has 1 aliphatic rings. The average Bonchev–Trinajstić information content (AvgIpc) is 2.80. The van der Waals surface area contributed by atoms with E-state index in [2.05, 4.69) is 46.3 Å². The molecule has 6 nitrogen and oxygen atoms in total. The van der Waals surface area contributed by atoms with E-state index in [4.69, 9.17) is 9.47 Å². The number of carbonyl (C=O) groups is 1. The van der Waals surface area contributed by atoms with Crippen molar-refractivity contribution in [2.45, 2.75) is 25.9 Å². The van der Waals surface area contributed by atoms with E-state index >= 15 is 0 Å². The van der Waals surface area contributed by atoms with Crippen molar-refractivity contribution >= 4 is 5.91 Å². The van der Waals surface area contributed by atoms with Gasteiger partial charge in [-0.2, -0.15) is 0 Å². The highest BCUT2D eigenvalue weighted by molar-refractivity contribution is 5.78. The van der Waals surface area contributed by atoms with E-state index in [1.807, 2.05) is 30.3 Å². The number of benzene rings is 2. The maximum atomic E-state index is 12.7. The summed E-state index contributed by atoms with van der Waals surface area (Å²) >= 11 is 0. The first-order valence-electron chi connectivity index (χ1n) is 11.1. The minimum atomic E-state index is 0.0678.